The molecule has 1 fully saturated rings. The Hall–Kier alpha value is -0.870. The molecule has 18 heavy (non-hydrogen) atoms. The molecule has 102 valence electrons. The van der Waals surface area contributed by atoms with Gasteiger partial charge in [0, 0.05) is 49.5 Å². The Kier molecular flexibility index (Phi) is 4.07. The molecule has 4 nitrogen and oxygen atoms in total. The van der Waals surface area contributed by atoms with E-state index < -0.39 is 0 Å². The van der Waals surface area contributed by atoms with E-state index in [1.165, 1.54) is 11.3 Å². The number of hydrogen-bond acceptors (Lipinski definition) is 3. The zero-order valence-electron chi connectivity index (χ0n) is 12.3. The molecule has 1 saturated heterocycles. The summed E-state index contributed by atoms with van der Waals surface area (Å²) in [6.45, 7) is 14.2. The molecule has 2 atom stereocenters. The highest BCUT2D eigenvalue weighted by molar-refractivity contribution is 5.16. The minimum absolute atomic E-state index is 0.440. The van der Waals surface area contributed by atoms with E-state index in [2.05, 4.69) is 60.8 Å². The van der Waals surface area contributed by atoms with Crippen LogP contribution in [-0.4, -0.2) is 39.9 Å². The van der Waals surface area contributed by atoms with Crippen LogP contribution in [0.15, 0.2) is 6.20 Å². The number of piperazine rings is 1. The third-order valence-electron chi connectivity index (χ3n) is 3.91. The average Bonchev–Trinajstić information content (AvgIpc) is 2.66. The van der Waals surface area contributed by atoms with Gasteiger partial charge in [0.05, 0.1) is 5.69 Å². The van der Waals surface area contributed by atoms with Crippen molar-refractivity contribution in [1.82, 2.24) is 20.0 Å². The number of aromatic nitrogens is 2. The second-order valence-corrected chi connectivity index (χ2v) is 5.84. The fourth-order valence-electron chi connectivity index (χ4n) is 2.62. The van der Waals surface area contributed by atoms with Crippen molar-refractivity contribution in [2.45, 2.75) is 59.3 Å². The molecule has 4 heteroatoms. The SMILES string of the molecule is Cc1nn(C(C)C)cc1CN1[C@H](C)CNC[C@@H]1C. The first-order valence-corrected chi connectivity index (χ1v) is 7.00. The quantitative estimate of drug-likeness (QED) is 0.890. The lowest BCUT2D eigenvalue weighted by atomic mass is 10.1. The number of rotatable bonds is 3. The molecule has 2 rings (SSSR count). The van der Waals surface area contributed by atoms with Gasteiger partial charge in [0.25, 0.3) is 0 Å². The summed E-state index contributed by atoms with van der Waals surface area (Å²) < 4.78 is 2.07. The van der Waals surface area contributed by atoms with Gasteiger partial charge < -0.3 is 5.32 Å². The molecule has 0 saturated carbocycles. The zero-order chi connectivity index (χ0) is 13.3. The van der Waals surface area contributed by atoms with Crippen LogP contribution in [0.5, 0.6) is 0 Å². The molecule has 0 amide bonds. The lowest BCUT2D eigenvalue weighted by Crippen LogP contribution is -2.54. The van der Waals surface area contributed by atoms with Crippen molar-refractivity contribution in [3.05, 3.63) is 17.5 Å². The van der Waals surface area contributed by atoms with E-state index in [9.17, 15) is 0 Å². The normalized spacial score (nSPS) is 25.9. The smallest absolute Gasteiger partial charge is 0.0638 e. The van der Waals surface area contributed by atoms with E-state index in [-0.39, 0.29) is 0 Å². The summed E-state index contributed by atoms with van der Waals surface area (Å²) in [5.74, 6) is 0. The minimum Gasteiger partial charge on any atom is -0.314 e. The maximum absolute atomic E-state index is 4.60. The van der Waals surface area contributed by atoms with Crippen LogP contribution in [0.2, 0.25) is 0 Å². The van der Waals surface area contributed by atoms with Crippen LogP contribution in [0.1, 0.15) is 45.0 Å². The number of aryl methyl sites for hydroxylation is 1. The Balaban J connectivity index is 2.12. The van der Waals surface area contributed by atoms with E-state index in [0.29, 0.717) is 18.1 Å². The fourth-order valence-corrected chi connectivity index (χ4v) is 2.62. The molecule has 2 heterocycles. The molecule has 1 aromatic heterocycles. The third-order valence-corrected chi connectivity index (χ3v) is 3.91. The summed E-state index contributed by atoms with van der Waals surface area (Å²) in [5, 5.41) is 8.08. The van der Waals surface area contributed by atoms with Crippen LogP contribution in [0.3, 0.4) is 0 Å². The monoisotopic (exact) mass is 250 g/mol. The molecular formula is C14H26N4. The summed E-state index contributed by atoms with van der Waals surface area (Å²) in [5.41, 5.74) is 2.53. The minimum atomic E-state index is 0.440. The van der Waals surface area contributed by atoms with Gasteiger partial charge in [-0.15, -0.1) is 0 Å². The summed E-state index contributed by atoms with van der Waals surface area (Å²) in [6, 6.07) is 1.63. The predicted octanol–water partition coefficient (Wildman–Crippen LogP) is 1.95. The van der Waals surface area contributed by atoms with Crippen molar-refractivity contribution >= 4 is 0 Å². The number of nitrogens with one attached hydrogen (secondary N) is 1. The lowest BCUT2D eigenvalue weighted by molar-refractivity contribution is 0.108. The van der Waals surface area contributed by atoms with Gasteiger partial charge in [-0.25, -0.2) is 0 Å². The van der Waals surface area contributed by atoms with Gasteiger partial charge in [-0.2, -0.15) is 5.10 Å². The van der Waals surface area contributed by atoms with Gasteiger partial charge in [0.15, 0.2) is 0 Å². The van der Waals surface area contributed by atoms with Gasteiger partial charge in [-0.1, -0.05) is 0 Å². The largest absolute Gasteiger partial charge is 0.314 e. The van der Waals surface area contributed by atoms with E-state index in [4.69, 9.17) is 0 Å². The van der Waals surface area contributed by atoms with Crippen LogP contribution >= 0.6 is 0 Å². The highest BCUT2D eigenvalue weighted by atomic mass is 15.3. The Morgan fingerprint density at radius 1 is 1.33 bits per heavy atom. The Morgan fingerprint density at radius 2 is 1.94 bits per heavy atom. The van der Waals surface area contributed by atoms with Crippen LogP contribution in [0, 0.1) is 6.92 Å². The zero-order valence-corrected chi connectivity index (χ0v) is 12.3. The first-order chi connectivity index (χ1) is 8.49. The molecule has 0 aromatic carbocycles. The maximum Gasteiger partial charge on any atom is 0.0638 e. The first-order valence-electron chi connectivity index (χ1n) is 7.00. The topological polar surface area (TPSA) is 33.1 Å². The van der Waals surface area contributed by atoms with E-state index in [1.54, 1.807) is 0 Å². The maximum atomic E-state index is 4.60. The summed E-state index contributed by atoms with van der Waals surface area (Å²) >= 11 is 0. The van der Waals surface area contributed by atoms with Crippen molar-refractivity contribution in [3.63, 3.8) is 0 Å². The molecule has 0 aliphatic carbocycles. The van der Waals surface area contributed by atoms with Gasteiger partial charge in [-0.05, 0) is 34.6 Å². The standard InChI is InChI=1S/C14H26N4/c1-10(2)18-9-14(13(5)16-18)8-17-11(3)6-15-7-12(17)4/h9-12,15H,6-8H2,1-5H3/t11-,12+. The van der Waals surface area contributed by atoms with E-state index >= 15 is 0 Å². The fraction of sp³-hybridized carbons (Fsp3) is 0.786. The van der Waals surface area contributed by atoms with Crippen molar-refractivity contribution < 1.29 is 0 Å². The Bertz CT molecular complexity index is 386. The van der Waals surface area contributed by atoms with Crippen LogP contribution < -0.4 is 5.32 Å². The Labute approximate surface area is 110 Å². The highest BCUT2D eigenvalue weighted by Crippen LogP contribution is 2.18. The number of hydrogen-bond donors (Lipinski definition) is 1. The van der Waals surface area contributed by atoms with Gasteiger partial charge in [-0.3, -0.25) is 9.58 Å². The molecule has 1 aliphatic rings. The molecule has 0 radical (unpaired) electrons. The van der Waals surface area contributed by atoms with Crippen LogP contribution in [0.4, 0.5) is 0 Å². The summed E-state index contributed by atoms with van der Waals surface area (Å²) in [7, 11) is 0. The van der Waals surface area contributed by atoms with Crippen LogP contribution in [-0.2, 0) is 6.54 Å². The third kappa shape index (κ3) is 2.75. The van der Waals surface area contributed by atoms with E-state index in [1.807, 2.05) is 0 Å². The second-order valence-electron chi connectivity index (χ2n) is 5.84. The molecule has 1 N–H and O–H groups in total. The van der Waals surface area contributed by atoms with Crippen molar-refractivity contribution in [2.75, 3.05) is 13.1 Å². The molecule has 0 spiro atoms. The summed E-state index contributed by atoms with van der Waals surface area (Å²) in [6.07, 6.45) is 2.21. The molecular weight excluding hydrogens is 224 g/mol. The highest BCUT2D eigenvalue weighted by Gasteiger charge is 2.25. The predicted molar refractivity (Wildman–Crippen MR) is 74.7 cm³/mol. The molecule has 1 aliphatic heterocycles. The lowest BCUT2D eigenvalue weighted by Gasteiger charge is -2.39. The van der Waals surface area contributed by atoms with Gasteiger partial charge >= 0.3 is 0 Å². The Morgan fingerprint density at radius 3 is 2.44 bits per heavy atom. The number of nitrogens with zero attached hydrogens (tertiary/aromatic N) is 3. The van der Waals surface area contributed by atoms with Crippen molar-refractivity contribution in [2.24, 2.45) is 0 Å². The van der Waals surface area contributed by atoms with E-state index in [0.717, 1.165) is 19.6 Å². The van der Waals surface area contributed by atoms with Crippen molar-refractivity contribution in [1.29, 1.82) is 0 Å². The molecule has 0 bridgehead atoms. The first kappa shape index (κ1) is 13.6. The average molecular weight is 250 g/mol. The van der Waals surface area contributed by atoms with Crippen LogP contribution in [0.25, 0.3) is 0 Å². The summed E-state index contributed by atoms with van der Waals surface area (Å²) in [4.78, 5) is 2.57. The van der Waals surface area contributed by atoms with Crippen molar-refractivity contribution in [3.8, 4) is 0 Å². The molecule has 1 aromatic rings. The molecule has 0 unspecified atom stereocenters. The second kappa shape index (κ2) is 5.41. The van der Waals surface area contributed by atoms with Gasteiger partial charge in [0.1, 0.15) is 0 Å². The van der Waals surface area contributed by atoms with Gasteiger partial charge in [0.2, 0.25) is 0 Å².